The monoisotopic (exact) mass is 695 g/mol. The SMILES string of the molecule is CO[C@@H]1/C=C\O[C@@]2(C)Oc3c(C)c(O)c4c(O)c(cc(O)c4c3C2=O)NC(=O)/C(C)=C\C=C[C@H](C)[C@H](C)[C@@H](C)[C@@H](O)[C@@H](C)[C@H](OC(C)=O)[C@H]1C. The van der Waals surface area contributed by atoms with Crippen molar-refractivity contribution in [2.24, 2.45) is 29.6 Å². The fraction of sp³-hybridized carbons (Fsp3) is 0.500. The maximum Gasteiger partial charge on any atom is 0.312 e. The van der Waals surface area contributed by atoms with E-state index in [1.807, 2.05) is 40.7 Å². The number of benzene rings is 2. The Bertz CT molecular complexity index is 1760. The van der Waals surface area contributed by atoms with Gasteiger partial charge in [0.1, 0.15) is 23.4 Å². The second-order valence-electron chi connectivity index (χ2n) is 13.8. The minimum absolute atomic E-state index is 0.0265. The van der Waals surface area contributed by atoms with Crippen LogP contribution in [-0.2, 0) is 23.8 Å². The van der Waals surface area contributed by atoms with Crippen molar-refractivity contribution < 1.29 is 53.8 Å². The van der Waals surface area contributed by atoms with Gasteiger partial charge in [-0.05, 0) is 37.7 Å². The van der Waals surface area contributed by atoms with E-state index in [9.17, 15) is 34.8 Å². The van der Waals surface area contributed by atoms with E-state index in [-0.39, 0.29) is 56.7 Å². The highest BCUT2D eigenvalue weighted by molar-refractivity contribution is 6.21. The first-order valence-electron chi connectivity index (χ1n) is 16.7. The van der Waals surface area contributed by atoms with Gasteiger partial charge in [0.2, 0.25) is 0 Å². The summed E-state index contributed by atoms with van der Waals surface area (Å²) in [5.74, 6) is -6.60. The summed E-state index contributed by atoms with van der Waals surface area (Å²) in [6.45, 7) is 15.3. The first kappa shape index (κ1) is 38.3. The molecule has 0 unspecified atom stereocenters. The topological polar surface area (TPSA) is 181 Å². The number of methoxy groups -OCH3 is 1. The zero-order valence-electron chi connectivity index (χ0n) is 30.2. The highest BCUT2D eigenvalue weighted by Crippen LogP contribution is 2.53. The number of aromatic hydroxyl groups is 3. The smallest absolute Gasteiger partial charge is 0.312 e. The molecule has 9 atom stereocenters. The van der Waals surface area contributed by atoms with Crippen molar-refractivity contribution in [3.8, 4) is 23.0 Å². The number of allylic oxidation sites excluding steroid dienone is 3. The van der Waals surface area contributed by atoms with E-state index in [0.29, 0.717) is 0 Å². The number of hydrogen-bond acceptors (Lipinski definition) is 11. The van der Waals surface area contributed by atoms with E-state index >= 15 is 0 Å². The summed E-state index contributed by atoms with van der Waals surface area (Å²) in [7, 11) is 1.47. The highest BCUT2D eigenvalue weighted by Gasteiger charge is 2.49. The van der Waals surface area contributed by atoms with Gasteiger partial charge in [0.25, 0.3) is 11.7 Å². The summed E-state index contributed by atoms with van der Waals surface area (Å²) in [5.41, 5.74) is 0.0696. The molecule has 0 spiro atoms. The third kappa shape index (κ3) is 7.04. The molecule has 2 aromatic rings. The average molecular weight is 696 g/mol. The number of phenolic OH excluding ortho intramolecular Hbond substituents is 3. The summed E-state index contributed by atoms with van der Waals surface area (Å²) in [4.78, 5) is 39.4. The van der Waals surface area contributed by atoms with Gasteiger partial charge in [-0.15, -0.1) is 0 Å². The predicted octanol–water partition coefficient (Wildman–Crippen LogP) is 6.03. The Morgan fingerprint density at radius 2 is 1.60 bits per heavy atom. The lowest BCUT2D eigenvalue weighted by Crippen LogP contribution is -2.45. The minimum atomic E-state index is -1.95. The van der Waals surface area contributed by atoms with Crippen molar-refractivity contribution in [3.63, 3.8) is 0 Å². The van der Waals surface area contributed by atoms with E-state index in [4.69, 9.17) is 18.9 Å². The van der Waals surface area contributed by atoms with Crippen molar-refractivity contribution in [2.45, 2.75) is 86.4 Å². The number of esters is 1. The van der Waals surface area contributed by atoms with Gasteiger partial charge in [-0.2, -0.15) is 0 Å². The summed E-state index contributed by atoms with van der Waals surface area (Å²) in [5, 5.41) is 47.3. The number of rotatable bonds is 2. The van der Waals surface area contributed by atoms with Gasteiger partial charge in [-0.25, -0.2) is 0 Å². The van der Waals surface area contributed by atoms with E-state index < -0.39 is 70.8 Å². The summed E-state index contributed by atoms with van der Waals surface area (Å²) < 4.78 is 23.4. The summed E-state index contributed by atoms with van der Waals surface area (Å²) >= 11 is 0. The normalized spacial score (nSPS) is 32.6. The molecule has 0 radical (unpaired) electrons. The molecule has 50 heavy (non-hydrogen) atoms. The number of Topliss-reactive ketones (excluding diaryl/α,β-unsaturated/α-hetero) is 1. The van der Waals surface area contributed by atoms with Crippen molar-refractivity contribution in [1.29, 1.82) is 0 Å². The Kier molecular flexibility index (Phi) is 11.3. The number of amides is 1. The molecule has 3 aliphatic heterocycles. The molecular formula is C38H49NO11. The fourth-order valence-electron chi connectivity index (χ4n) is 6.82. The van der Waals surface area contributed by atoms with Crippen molar-refractivity contribution in [1.82, 2.24) is 0 Å². The third-order valence-corrected chi connectivity index (χ3v) is 10.4. The van der Waals surface area contributed by atoms with Crippen LogP contribution in [0.5, 0.6) is 23.0 Å². The number of carbonyl (C=O) groups is 3. The lowest BCUT2D eigenvalue weighted by atomic mass is 9.75. The zero-order chi connectivity index (χ0) is 37.4. The van der Waals surface area contributed by atoms with Crippen LogP contribution < -0.4 is 10.1 Å². The molecule has 0 fully saturated rings. The lowest BCUT2D eigenvalue weighted by Gasteiger charge is -2.38. The predicted molar refractivity (Wildman–Crippen MR) is 187 cm³/mol. The van der Waals surface area contributed by atoms with Crippen LogP contribution in [0, 0.1) is 36.5 Å². The quantitative estimate of drug-likeness (QED) is 0.141. The van der Waals surface area contributed by atoms with Crippen LogP contribution in [0.4, 0.5) is 5.69 Å². The summed E-state index contributed by atoms with van der Waals surface area (Å²) in [6.07, 6.45) is 5.68. The molecule has 12 nitrogen and oxygen atoms in total. The average Bonchev–Trinajstić information content (AvgIpc) is 3.33. The fourth-order valence-corrected chi connectivity index (χ4v) is 6.82. The van der Waals surface area contributed by atoms with Gasteiger partial charge in [0.15, 0.2) is 5.75 Å². The maximum absolute atomic E-state index is 13.9. The van der Waals surface area contributed by atoms with Gasteiger partial charge < -0.3 is 44.7 Å². The number of fused-ring (bicyclic) bond motifs is 14. The molecule has 0 saturated heterocycles. The molecule has 0 saturated carbocycles. The van der Waals surface area contributed by atoms with Gasteiger partial charge >= 0.3 is 11.8 Å². The number of ether oxygens (including phenoxy) is 4. The number of nitrogens with one attached hydrogen (secondary N) is 1. The molecule has 12 heteroatoms. The van der Waals surface area contributed by atoms with Gasteiger partial charge in [0.05, 0.1) is 35.1 Å². The Hall–Kier alpha value is -4.55. The van der Waals surface area contributed by atoms with Crippen LogP contribution in [0.25, 0.3) is 10.8 Å². The Balaban J connectivity index is 1.87. The largest absolute Gasteiger partial charge is 0.507 e. The molecule has 1 amide bonds. The molecule has 5 rings (SSSR count). The number of carbonyl (C=O) groups excluding carboxylic acids is 3. The van der Waals surface area contributed by atoms with Crippen LogP contribution >= 0.6 is 0 Å². The molecular weight excluding hydrogens is 646 g/mol. The van der Waals surface area contributed by atoms with Crippen LogP contribution in [0.1, 0.15) is 71.3 Å². The highest BCUT2D eigenvalue weighted by atomic mass is 16.7. The van der Waals surface area contributed by atoms with E-state index in [1.54, 1.807) is 25.2 Å². The van der Waals surface area contributed by atoms with Crippen LogP contribution in [-0.4, -0.2) is 69.3 Å². The molecule has 2 aromatic carbocycles. The molecule has 0 aliphatic carbocycles. The summed E-state index contributed by atoms with van der Waals surface area (Å²) in [6, 6.07) is 1.09. The molecule has 272 valence electrons. The Morgan fingerprint density at radius 1 is 0.940 bits per heavy atom. The zero-order valence-corrected chi connectivity index (χ0v) is 30.2. The van der Waals surface area contributed by atoms with Crippen LogP contribution in [0.2, 0.25) is 0 Å². The number of ketones is 1. The number of anilines is 1. The Labute approximate surface area is 292 Å². The van der Waals surface area contributed by atoms with Crippen LogP contribution in [0.15, 0.2) is 42.2 Å². The second-order valence-corrected chi connectivity index (χ2v) is 13.8. The number of phenols is 3. The van der Waals surface area contributed by atoms with Gasteiger partial charge in [-0.3, -0.25) is 14.4 Å². The van der Waals surface area contributed by atoms with E-state index in [0.717, 1.165) is 6.07 Å². The minimum Gasteiger partial charge on any atom is -0.507 e. The van der Waals surface area contributed by atoms with Gasteiger partial charge in [-0.1, -0.05) is 52.8 Å². The number of aliphatic hydroxyl groups excluding tert-OH is 1. The molecule has 5 N–H and O–H groups in total. The number of hydrogen-bond donors (Lipinski definition) is 5. The first-order chi connectivity index (χ1) is 23.4. The third-order valence-electron chi connectivity index (χ3n) is 10.4. The first-order valence-corrected chi connectivity index (χ1v) is 16.7. The van der Waals surface area contributed by atoms with Crippen molar-refractivity contribution >= 4 is 34.1 Å². The maximum atomic E-state index is 13.9. The standard InChI is InChI=1S/C38H49NO11/c1-17-12-11-13-18(2)37(46)39-25-16-26(41)28-29(33(25)44)32(43)23(7)35-30(28)36(45)38(9,50-35)48-15-14-27(47-10)21(5)34(49-24(8)40)22(6)31(42)20(4)19(17)3/h11-17,19-22,27,31,34,41-44H,1-10H3,(H,39,46)/b12-11?,15-14-,18-13-/t17-,19-,20+,21-,22+,27+,31+,34+,38-/m0/s1. The molecule has 3 aliphatic rings. The Morgan fingerprint density at radius 3 is 2.22 bits per heavy atom. The van der Waals surface area contributed by atoms with E-state index in [1.165, 1.54) is 34.1 Å². The molecule has 3 heterocycles. The molecule has 0 aromatic heterocycles. The van der Waals surface area contributed by atoms with Crippen LogP contribution in [0.3, 0.4) is 0 Å². The molecule has 5 bridgehead atoms. The van der Waals surface area contributed by atoms with Crippen molar-refractivity contribution in [3.05, 3.63) is 53.3 Å². The van der Waals surface area contributed by atoms with Gasteiger partial charge in [0, 0.05) is 55.4 Å². The van der Waals surface area contributed by atoms with Crippen molar-refractivity contribution in [2.75, 3.05) is 12.4 Å². The second kappa shape index (κ2) is 14.7. The lowest BCUT2D eigenvalue weighted by molar-refractivity contribution is -0.159. The van der Waals surface area contributed by atoms with E-state index in [2.05, 4.69) is 5.32 Å². The number of aliphatic hydroxyl groups is 1.